The lowest BCUT2D eigenvalue weighted by Crippen LogP contribution is -2.41. The Balaban J connectivity index is 1.43. The predicted octanol–water partition coefficient (Wildman–Crippen LogP) is 4.17. The molecule has 0 saturated carbocycles. The highest BCUT2D eigenvalue weighted by molar-refractivity contribution is 8.01. The van der Waals surface area contributed by atoms with Gasteiger partial charge in [0.15, 0.2) is 4.34 Å². The number of thiazole rings is 1. The van der Waals surface area contributed by atoms with Crippen molar-refractivity contribution in [2.24, 2.45) is 0 Å². The lowest BCUT2D eigenvalue weighted by atomic mass is 10.2. The molecule has 2 N–H and O–H groups in total. The molecular formula is C18H19N3O2S3. The van der Waals surface area contributed by atoms with Gasteiger partial charge in [0.2, 0.25) is 5.91 Å². The van der Waals surface area contributed by atoms with Crippen molar-refractivity contribution in [2.45, 2.75) is 31.0 Å². The number of fused-ring (bicyclic) bond motifs is 1. The van der Waals surface area contributed by atoms with Crippen molar-refractivity contribution in [1.29, 1.82) is 0 Å². The summed E-state index contributed by atoms with van der Waals surface area (Å²) in [5, 5.41) is 0. The first-order valence-electron chi connectivity index (χ1n) is 8.23. The smallest absolute Gasteiger partial charge is 0.273 e. The summed E-state index contributed by atoms with van der Waals surface area (Å²) in [6.45, 7) is 4.05. The molecule has 3 aromatic rings. The van der Waals surface area contributed by atoms with Gasteiger partial charge in [0.25, 0.3) is 5.91 Å². The molecule has 1 aromatic carbocycles. The maximum Gasteiger partial charge on any atom is 0.279 e. The van der Waals surface area contributed by atoms with Crippen LogP contribution in [0, 0.1) is 6.92 Å². The van der Waals surface area contributed by atoms with Crippen LogP contribution < -0.4 is 10.9 Å². The number of nitrogens with one attached hydrogen (secondary N) is 2. The highest BCUT2D eigenvalue weighted by Crippen LogP contribution is 2.29. The van der Waals surface area contributed by atoms with Gasteiger partial charge in [0.1, 0.15) is 0 Å². The van der Waals surface area contributed by atoms with Gasteiger partial charge in [-0.15, -0.1) is 22.7 Å². The van der Waals surface area contributed by atoms with E-state index in [4.69, 9.17) is 0 Å². The van der Waals surface area contributed by atoms with Crippen LogP contribution in [-0.2, 0) is 11.2 Å². The highest BCUT2D eigenvalue weighted by atomic mass is 32.2. The molecule has 26 heavy (non-hydrogen) atoms. The quantitative estimate of drug-likeness (QED) is 0.477. The van der Waals surface area contributed by atoms with Gasteiger partial charge in [-0.3, -0.25) is 20.4 Å². The van der Waals surface area contributed by atoms with Gasteiger partial charge < -0.3 is 0 Å². The van der Waals surface area contributed by atoms with Crippen molar-refractivity contribution < 1.29 is 9.59 Å². The Morgan fingerprint density at radius 1 is 1.19 bits per heavy atom. The SMILES string of the molecule is CCc1sc(C(=O)NNC(=O)CCSc2nc3ccccc3s2)cc1C. The number of thiophene rings is 1. The number of benzene rings is 1. The number of carbonyl (C=O) groups is 2. The third kappa shape index (κ3) is 4.63. The van der Waals surface area contributed by atoms with Gasteiger partial charge in [-0.1, -0.05) is 30.8 Å². The molecule has 0 spiro atoms. The van der Waals surface area contributed by atoms with E-state index in [0.29, 0.717) is 17.1 Å². The van der Waals surface area contributed by atoms with Crippen molar-refractivity contribution in [3.63, 3.8) is 0 Å². The molecule has 0 bridgehead atoms. The summed E-state index contributed by atoms with van der Waals surface area (Å²) in [5.74, 6) is 0.125. The summed E-state index contributed by atoms with van der Waals surface area (Å²) < 4.78 is 2.09. The van der Waals surface area contributed by atoms with Crippen LogP contribution in [0.15, 0.2) is 34.7 Å². The van der Waals surface area contributed by atoms with Crippen molar-refractivity contribution >= 4 is 56.5 Å². The standard InChI is InChI=1S/C18H19N3O2S3/c1-3-13-11(2)10-15(25-13)17(23)21-20-16(22)8-9-24-18-19-12-6-4-5-7-14(12)26-18/h4-7,10H,3,8-9H2,1-2H3,(H,20,22)(H,21,23). The average Bonchev–Trinajstić information content (AvgIpc) is 3.22. The van der Waals surface area contributed by atoms with Gasteiger partial charge in [0.05, 0.1) is 15.1 Å². The molecule has 0 unspecified atom stereocenters. The summed E-state index contributed by atoms with van der Waals surface area (Å²) in [6.07, 6.45) is 1.21. The Bertz CT molecular complexity index is 900. The monoisotopic (exact) mass is 405 g/mol. The number of para-hydroxylation sites is 1. The van der Waals surface area contributed by atoms with E-state index in [0.717, 1.165) is 26.5 Å². The fourth-order valence-electron chi connectivity index (χ4n) is 2.38. The Kier molecular flexibility index (Phi) is 6.29. The second-order valence-corrected chi connectivity index (χ2v) is 9.13. The van der Waals surface area contributed by atoms with Crippen LogP contribution in [0.3, 0.4) is 0 Å². The van der Waals surface area contributed by atoms with E-state index in [2.05, 4.69) is 22.8 Å². The second-order valence-electron chi connectivity index (χ2n) is 5.62. The highest BCUT2D eigenvalue weighted by Gasteiger charge is 2.12. The molecule has 0 aliphatic heterocycles. The van der Waals surface area contributed by atoms with Gasteiger partial charge in [-0.25, -0.2) is 4.98 Å². The van der Waals surface area contributed by atoms with E-state index >= 15 is 0 Å². The largest absolute Gasteiger partial charge is 0.279 e. The summed E-state index contributed by atoms with van der Waals surface area (Å²) in [5.41, 5.74) is 7.05. The van der Waals surface area contributed by atoms with Gasteiger partial charge in [0, 0.05) is 17.1 Å². The molecular weight excluding hydrogens is 386 g/mol. The Morgan fingerprint density at radius 2 is 2.00 bits per heavy atom. The molecule has 2 amide bonds. The second kappa shape index (κ2) is 8.66. The zero-order valence-corrected chi connectivity index (χ0v) is 16.9. The number of thioether (sulfide) groups is 1. The molecule has 0 radical (unpaired) electrons. The molecule has 0 atom stereocenters. The summed E-state index contributed by atoms with van der Waals surface area (Å²) in [7, 11) is 0. The fraction of sp³-hybridized carbons (Fsp3) is 0.278. The van der Waals surface area contributed by atoms with Crippen molar-refractivity contribution in [1.82, 2.24) is 15.8 Å². The molecule has 136 valence electrons. The topological polar surface area (TPSA) is 71.1 Å². The number of carbonyl (C=O) groups excluding carboxylic acids is 2. The van der Waals surface area contributed by atoms with Crippen molar-refractivity contribution in [3.8, 4) is 0 Å². The maximum absolute atomic E-state index is 12.1. The van der Waals surface area contributed by atoms with E-state index in [1.165, 1.54) is 16.2 Å². The van der Waals surface area contributed by atoms with Crippen LogP contribution in [0.2, 0.25) is 0 Å². The minimum Gasteiger partial charge on any atom is -0.273 e. The molecule has 3 rings (SSSR count). The normalized spacial score (nSPS) is 10.8. The molecule has 0 saturated heterocycles. The number of hydrogen-bond acceptors (Lipinski definition) is 6. The Hall–Kier alpha value is -1.90. The summed E-state index contributed by atoms with van der Waals surface area (Å²) >= 11 is 4.63. The number of aromatic nitrogens is 1. The molecule has 0 fully saturated rings. The van der Waals surface area contributed by atoms with E-state index in [1.54, 1.807) is 23.1 Å². The number of amides is 2. The zero-order valence-electron chi connectivity index (χ0n) is 14.5. The minimum atomic E-state index is -0.273. The molecule has 8 heteroatoms. The third-order valence-electron chi connectivity index (χ3n) is 3.71. The molecule has 0 aliphatic carbocycles. The number of aryl methyl sites for hydroxylation is 2. The lowest BCUT2D eigenvalue weighted by molar-refractivity contribution is -0.121. The van der Waals surface area contributed by atoms with Crippen LogP contribution in [0.25, 0.3) is 10.2 Å². The fourth-order valence-corrected chi connectivity index (χ4v) is 5.46. The summed E-state index contributed by atoms with van der Waals surface area (Å²) in [4.78, 5) is 30.3. The molecule has 2 aromatic heterocycles. The van der Waals surface area contributed by atoms with Crippen LogP contribution in [0.5, 0.6) is 0 Å². The van der Waals surface area contributed by atoms with Crippen LogP contribution >= 0.6 is 34.4 Å². The first-order chi connectivity index (χ1) is 12.6. The first-order valence-corrected chi connectivity index (χ1v) is 10.9. The number of hydrogen-bond donors (Lipinski definition) is 2. The number of nitrogens with zero attached hydrogens (tertiary/aromatic N) is 1. The van der Waals surface area contributed by atoms with E-state index in [9.17, 15) is 9.59 Å². The Labute approximate surface area is 164 Å². The zero-order chi connectivity index (χ0) is 18.5. The number of hydrazine groups is 1. The lowest BCUT2D eigenvalue weighted by Gasteiger charge is -2.05. The van der Waals surface area contributed by atoms with Crippen molar-refractivity contribution in [2.75, 3.05) is 5.75 Å². The molecule has 0 aliphatic rings. The van der Waals surface area contributed by atoms with Crippen molar-refractivity contribution in [3.05, 3.63) is 45.6 Å². The molecule has 5 nitrogen and oxygen atoms in total. The van der Waals surface area contributed by atoms with E-state index in [-0.39, 0.29) is 11.8 Å². The van der Waals surface area contributed by atoms with Crippen LogP contribution in [0.4, 0.5) is 0 Å². The van der Waals surface area contributed by atoms with E-state index in [1.807, 2.05) is 37.3 Å². The predicted molar refractivity (Wildman–Crippen MR) is 109 cm³/mol. The van der Waals surface area contributed by atoms with E-state index < -0.39 is 0 Å². The third-order valence-corrected chi connectivity index (χ3v) is 7.27. The summed E-state index contributed by atoms with van der Waals surface area (Å²) in [6, 6.07) is 9.83. The van der Waals surface area contributed by atoms with Gasteiger partial charge >= 0.3 is 0 Å². The van der Waals surface area contributed by atoms with Crippen LogP contribution in [0.1, 0.15) is 33.5 Å². The minimum absolute atomic E-state index is 0.212. The number of rotatable bonds is 6. The maximum atomic E-state index is 12.1. The van der Waals surface area contributed by atoms with Crippen LogP contribution in [-0.4, -0.2) is 22.6 Å². The molecule has 2 heterocycles. The Morgan fingerprint density at radius 3 is 2.73 bits per heavy atom. The first kappa shape index (κ1) is 18.9. The van der Waals surface area contributed by atoms with Gasteiger partial charge in [-0.05, 0) is 37.1 Å². The average molecular weight is 406 g/mol. The van der Waals surface area contributed by atoms with Gasteiger partial charge in [-0.2, -0.15) is 0 Å².